The van der Waals surface area contributed by atoms with Crippen LogP contribution >= 0.6 is 23.7 Å². The summed E-state index contributed by atoms with van der Waals surface area (Å²) < 4.78 is 13.4. The lowest BCUT2D eigenvalue weighted by Crippen LogP contribution is -2.48. The Labute approximate surface area is 202 Å². The minimum absolute atomic E-state index is 0. The summed E-state index contributed by atoms with van der Waals surface area (Å²) in [6.07, 6.45) is 8.14. The number of piperazine rings is 1. The highest BCUT2D eigenvalue weighted by Crippen LogP contribution is 2.30. The standard InChI is InChI=1S/C23H24FN7S.ClH/c1-16-29-20(15-32-16)12-21(18-13-27-28-14-18)30-8-10-31(11-9-30)23-22(25-6-7-26-23)17-2-4-19(24)5-3-17;/h2-7,13-15,21H,8-12H2,1H3,(H,27,28);1H. The number of benzene rings is 1. The van der Waals surface area contributed by atoms with Gasteiger partial charge < -0.3 is 4.90 Å². The Hall–Kier alpha value is -2.88. The lowest BCUT2D eigenvalue weighted by atomic mass is 10.0. The van der Waals surface area contributed by atoms with Crippen molar-refractivity contribution in [2.75, 3.05) is 31.1 Å². The van der Waals surface area contributed by atoms with Crippen molar-refractivity contribution in [1.29, 1.82) is 0 Å². The third-order valence-electron chi connectivity index (χ3n) is 5.82. The number of nitrogens with zero attached hydrogens (tertiary/aromatic N) is 6. The minimum Gasteiger partial charge on any atom is -0.352 e. The second kappa shape index (κ2) is 10.4. The maximum absolute atomic E-state index is 13.4. The van der Waals surface area contributed by atoms with Gasteiger partial charge in [-0.3, -0.25) is 15.0 Å². The van der Waals surface area contributed by atoms with E-state index in [1.807, 2.05) is 19.3 Å². The number of anilines is 1. The number of aryl methyl sites for hydroxylation is 1. The third-order valence-corrected chi connectivity index (χ3v) is 6.65. The van der Waals surface area contributed by atoms with Gasteiger partial charge in [0, 0.05) is 73.7 Å². The smallest absolute Gasteiger partial charge is 0.155 e. The zero-order valence-electron chi connectivity index (χ0n) is 18.2. The number of nitrogens with one attached hydrogen (secondary N) is 1. The predicted octanol–water partition coefficient (Wildman–Crippen LogP) is 4.30. The van der Waals surface area contributed by atoms with E-state index in [2.05, 4.69) is 40.3 Å². The number of H-pyrrole nitrogens is 1. The average Bonchev–Trinajstić information content (AvgIpc) is 3.50. The van der Waals surface area contributed by atoms with Crippen molar-refractivity contribution in [2.24, 2.45) is 0 Å². The van der Waals surface area contributed by atoms with E-state index in [4.69, 9.17) is 0 Å². The van der Waals surface area contributed by atoms with Crippen LogP contribution < -0.4 is 4.90 Å². The van der Waals surface area contributed by atoms with Gasteiger partial charge in [-0.2, -0.15) is 5.10 Å². The largest absolute Gasteiger partial charge is 0.352 e. The molecule has 1 unspecified atom stereocenters. The van der Waals surface area contributed by atoms with Gasteiger partial charge in [-0.1, -0.05) is 0 Å². The Morgan fingerprint density at radius 2 is 1.85 bits per heavy atom. The first-order valence-corrected chi connectivity index (χ1v) is 11.5. The summed E-state index contributed by atoms with van der Waals surface area (Å²) in [6.45, 7) is 5.48. The van der Waals surface area contributed by atoms with Gasteiger partial charge in [-0.25, -0.2) is 14.4 Å². The normalized spacial score (nSPS) is 15.3. The van der Waals surface area contributed by atoms with Gasteiger partial charge in [0.15, 0.2) is 5.82 Å². The SMILES string of the molecule is Cc1nc(CC(c2cn[nH]c2)N2CCN(c3nccnc3-c3ccc(F)cc3)CC2)cs1.Cl. The fourth-order valence-corrected chi connectivity index (χ4v) is 4.85. The fraction of sp³-hybridized carbons (Fsp3) is 0.304. The summed E-state index contributed by atoms with van der Waals surface area (Å²) >= 11 is 1.69. The van der Waals surface area contributed by atoms with Crippen LogP contribution in [0, 0.1) is 12.7 Å². The molecule has 10 heteroatoms. The van der Waals surface area contributed by atoms with Gasteiger partial charge in [0.25, 0.3) is 0 Å². The Morgan fingerprint density at radius 3 is 2.52 bits per heavy atom. The molecule has 0 radical (unpaired) electrons. The molecule has 1 aliphatic heterocycles. The molecule has 1 atom stereocenters. The van der Waals surface area contributed by atoms with Crippen LogP contribution in [-0.2, 0) is 6.42 Å². The summed E-state index contributed by atoms with van der Waals surface area (Å²) in [6, 6.07) is 6.65. The summed E-state index contributed by atoms with van der Waals surface area (Å²) in [7, 11) is 0. The van der Waals surface area contributed by atoms with Crippen LogP contribution in [0.25, 0.3) is 11.3 Å². The van der Waals surface area contributed by atoms with Crippen LogP contribution in [0.1, 0.15) is 22.3 Å². The maximum atomic E-state index is 13.4. The zero-order chi connectivity index (χ0) is 21.9. The first-order chi connectivity index (χ1) is 15.7. The van der Waals surface area contributed by atoms with Crippen LogP contribution in [0.15, 0.2) is 54.4 Å². The first kappa shape index (κ1) is 23.3. The maximum Gasteiger partial charge on any atom is 0.155 e. The highest BCUT2D eigenvalue weighted by Gasteiger charge is 2.28. The molecule has 33 heavy (non-hydrogen) atoms. The zero-order valence-corrected chi connectivity index (χ0v) is 19.8. The lowest BCUT2D eigenvalue weighted by Gasteiger charge is -2.39. The molecule has 1 aromatic carbocycles. The van der Waals surface area contributed by atoms with Gasteiger partial charge in [-0.05, 0) is 31.2 Å². The van der Waals surface area contributed by atoms with Gasteiger partial charge >= 0.3 is 0 Å². The number of aromatic nitrogens is 5. The first-order valence-electron chi connectivity index (χ1n) is 10.6. The molecule has 0 saturated carbocycles. The Morgan fingerprint density at radius 1 is 1.09 bits per heavy atom. The fourth-order valence-electron chi connectivity index (χ4n) is 4.22. The van der Waals surface area contributed by atoms with Gasteiger partial charge in [0.05, 0.1) is 16.9 Å². The van der Waals surface area contributed by atoms with Gasteiger partial charge in [-0.15, -0.1) is 23.7 Å². The Balaban J connectivity index is 0.00000259. The van der Waals surface area contributed by atoms with Gasteiger partial charge in [0.1, 0.15) is 11.5 Å². The summed E-state index contributed by atoms with van der Waals surface area (Å²) in [5, 5.41) is 10.4. The molecule has 4 aromatic rings. The molecule has 1 N–H and O–H groups in total. The van der Waals surface area contributed by atoms with Crippen molar-refractivity contribution in [3.8, 4) is 11.3 Å². The lowest BCUT2D eigenvalue weighted by molar-refractivity contribution is 0.183. The molecule has 1 fully saturated rings. The van der Waals surface area contributed by atoms with E-state index >= 15 is 0 Å². The van der Waals surface area contributed by atoms with E-state index in [1.54, 1.807) is 35.9 Å². The summed E-state index contributed by atoms with van der Waals surface area (Å²) in [5.74, 6) is 0.585. The van der Waals surface area contributed by atoms with E-state index in [0.29, 0.717) is 0 Å². The second-order valence-corrected chi connectivity index (χ2v) is 8.93. The average molecular weight is 486 g/mol. The molecule has 1 aliphatic rings. The third kappa shape index (κ3) is 5.21. The molecule has 7 nitrogen and oxygen atoms in total. The molecule has 1 saturated heterocycles. The summed E-state index contributed by atoms with van der Waals surface area (Å²) in [4.78, 5) is 18.6. The predicted molar refractivity (Wildman–Crippen MR) is 130 cm³/mol. The van der Waals surface area contributed by atoms with Gasteiger partial charge in [0.2, 0.25) is 0 Å². The van der Waals surface area contributed by atoms with E-state index in [-0.39, 0.29) is 24.3 Å². The van der Waals surface area contributed by atoms with Crippen molar-refractivity contribution in [2.45, 2.75) is 19.4 Å². The Kier molecular flexibility index (Phi) is 7.32. The van der Waals surface area contributed by atoms with E-state index in [9.17, 15) is 4.39 Å². The van der Waals surface area contributed by atoms with E-state index in [1.165, 1.54) is 17.7 Å². The number of halogens is 2. The van der Waals surface area contributed by atoms with Crippen molar-refractivity contribution >= 4 is 29.6 Å². The molecule has 0 bridgehead atoms. The molecule has 0 amide bonds. The molecular formula is C23H25ClFN7S. The van der Waals surface area contributed by atoms with Crippen LogP contribution in [0.3, 0.4) is 0 Å². The molecule has 172 valence electrons. The number of hydrogen-bond acceptors (Lipinski definition) is 7. The van der Waals surface area contributed by atoms with E-state index < -0.39 is 0 Å². The van der Waals surface area contributed by atoms with Crippen LogP contribution in [0.4, 0.5) is 10.2 Å². The van der Waals surface area contributed by atoms with Crippen LogP contribution in [-0.4, -0.2) is 56.2 Å². The topological polar surface area (TPSA) is 73.8 Å². The number of hydrogen-bond donors (Lipinski definition) is 1. The van der Waals surface area contributed by atoms with Crippen molar-refractivity contribution in [1.82, 2.24) is 30.0 Å². The van der Waals surface area contributed by atoms with Crippen molar-refractivity contribution < 1.29 is 4.39 Å². The quantitative estimate of drug-likeness (QED) is 0.439. The van der Waals surface area contributed by atoms with Crippen molar-refractivity contribution in [3.05, 3.63) is 76.5 Å². The molecule has 5 rings (SSSR count). The van der Waals surface area contributed by atoms with E-state index in [0.717, 1.165) is 60.4 Å². The monoisotopic (exact) mass is 485 g/mol. The Bertz CT molecular complexity index is 1160. The molecule has 0 aliphatic carbocycles. The van der Waals surface area contributed by atoms with Crippen LogP contribution in [0.2, 0.25) is 0 Å². The molecule has 4 heterocycles. The highest BCUT2D eigenvalue weighted by molar-refractivity contribution is 7.09. The number of thiazole rings is 1. The molecule has 3 aromatic heterocycles. The summed E-state index contributed by atoms with van der Waals surface area (Å²) in [5.41, 5.74) is 3.95. The van der Waals surface area contributed by atoms with Crippen LogP contribution in [0.5, 0.6) is 0 Å². The minimum atomic E-state index is -0.256. The second-order valence-electron chi connectivity index (χ2n) is 7.87. The molecular weight excluding hydrogens is 461 g/mol. The molecule has 0 spiro atoms. The van der Waals surface area contributed by atoms with Crippen molar-refractivity contribution in [3.63, 3.8) is 0 Å². The highest BCUT2D eigenvalue weighted by atomic mass is 35.5. The number of aromatic amines is 1. The number of rotatable bonds is 6.